The molecule has 0 fully saturated rings. The van der Waals surface area contributed by atoms with Gasteiger partial charge in [-0.15, -0.1) is 0 Å². The van der Waals surface area contributed by atoms with Crippen LogP contribution in [0.3, 0.4) is 0 Å². The number of hydrogen-bond donors (Lipinski definition) is 1. The van der Waals surface area contributed by atoms with Crippen molar-refractivity contribution in [1.29, 1.82) is 5.26 Å². The van der Waals surface area contributed by atoms with Gasteiger partial charge in [-0.05, 0) is 42.3 Å². The number of anilines is 1. The molecule has 0 atom stereocenters. The van der Waals surface area contributed by atoms with Gasteiger partial charge in [-0.3, -0.25) is 14.9 Å². The molecule has 132 valence electrons. The molecule has 1 amide bonds. The average Bonchev–Trinajstić information content (AvgIpc) is 2.62. The lowest BCUT2D eigenvalue weighted by Crippen LogP contribution is -2.14. The van der Waals surface area contributed by atoms with E-state index in [0.29, 0.717) is 22.0 Å². The van der Waals surface area contributed by atoms with Crippen LogP contribution in [-0.2, 0) is 4.79 Å². The molecule has 2 rings (SSSR count). The van der Waals surface area contributed by atoms with E-state index in [1.165, 1.54) is 37.5 Å². The van der Waals surface area contributed by atoms with E-state index < -0.39 is 10.8 Å². The van der Waals surface area contributed by atoms with Crippen molar-refractivity contribution in [3.8, 4) is 11.8 Å². The maximum absolute atomic E-state index is 12.4. The van der Waals surface area contributed by atoms with Crippen molar-refractivity contribution in [1.82, 2.24) is 0 Å². The number of carbonyl (C=O) groups is 1. The summed E-state index contributed by atoms with van der Waals surface area (Å²) in [5.74, 6) is -0.271. The Balaban J connectivity index is 2.28. The number of benzene rings is 2. The number of nitrogens with one attached hydrogen (secondary N) is 1. The Hall–Kier alpha value is -3.37. The molecule has 0 aliphatic heterocycles. The lowest BCUT2D eigenvalue weighted by molar-refractivity contribution is -0.384. The van der Waals surface area contributed by atoms with Crippen molar-refractivity contribution in [3.63, 3.8) is 0 Å². The third-order valence-corrected chi connectivity index (χ3v) is 3.92. The zero-order valence-corrected chi connectivity index (χ0v) is 14.7. The second-order valence-electron chi connectivity index (χ2n) is 5.27. The predicted molar refractivity (Wildman–Crippen MR) is 98.1 cm³/mol. The Kier molecular flexibility index (Phi) is 5.94. The number of non-ortho nitro benzene ring substituents is 1. The number of nitriles is 1. The molecule has 26 heavy (non-hydrogen) atoms. The Labute approximate surface area is 154 Å². The van der Waals surface area contributed by atoms with Crippen LogP contribution in [0.2, 0.25) is 5.02 Å². The summed E-state index contributed by atoms with van der Waals surface area (Å²) in [6.45, 7) is 1.77. The number of halogens is 1. The first kappa shape index (κ1) is 19.0. The monoisotopic (exact) mass is 371 g/mol. The molecule has 2 aromatic rings. The zero-order chi connectivity index (χ0) is 19.3. The van der Waals surface area contributed by atoms with Crippen molar-refractivity contribution < 1.29 is 14.5 Å². The number of amides is 1. The fourth-order valence-electron chi connectivity index (χ4n) is 2.13. The van der Waals surface area contributed by atoms with Crippen LogP contribution < -0.4 is 10.1 Å². The Morgan fingerprint density at radius 1 is 1.35 bits per heavy atom. The van der Waals surface area contributed by atoms with E-state index in [0.717, 1.165) is 5.56 Å². The average molecular weight is 372 g/mol. The van der Waals surface area contributed by atoms with Gasteiger partial charge in [0, 0.05) is 23.2 Å². The van der Waals surface area contributed by atoms with E-state index in [-0.39, 0.29) is 11.3 Å². The number of rotatable bonds is 5. The van der Waals surface area contributed by atoms with Gasteiger partial charge in [0.25, 0.3) is 11.6 Å². The van der Waals surface area contributed by atoms with Gasteiger partial charge in [-0.1, -0.05) is 11.6 Å². The van der Waals surface area contributed by atoms with Gasteiger partial charge in [-0.25, -0.2) is 0 Å². The molecule has 0 spiro atoms. The smallest absolute Gasteiger partial charge is 0.269 e. The van der Waals surface area contributed by atoms with E-state index >= 15 is 0 Å². The highest BCUT2D eigenvalue weighted by atomic mass is 35.5. The summed E-state index contributed by atoms with van der Waals surface area (Å²) in [5, 5.41) is 23.0. The number of ether oxygens (including phenoxy) is 1. The third-order valence-electron chi connectivity index (χ3n) is 3.51. The summed E-state index contributed by atoms with van der Waals surface area (Å²) in [5.41, 5.74) is 1.37. The van der Waals surface area contributed by atoms with Crippen molar-refractivity contribution in [2.75, 3.05) is 12.4 Å². The SMILES string of the molecule is COc1cc(Cl)c(C)cc1NC(=O)/C(C#N)=C/c1ccc([N+](=O)[O-])cc1. The fourth-order valence-corrected chi connectivity index (χ4v) is 2.28. The topological polar surface area (TPSA) is 105 Å². The predicted octanol–water partition coefficient (Wildman–Crippen LogP) is 4.11. The maximum atomic E-state index is 12.4. The van der Waals surface area contributed by atoms with E-state index in [2.05, 4.69) is 5.32 Å². The minimum Gasteiger partial charge on any atom is -0.495 e. The van der Waals surface area contributed by atoms with Crippen LogP contribution in [0.1, 0.15) is 11.1 Å². The minimum atomic E-state index is -0.633. The minimum absolute atomic E-state index is 0.0773. The second kappa shape index (κ2) is 8.14. The lowest BCUT2D eigenvalue weighted by Gasteiger charge is -2.12. The number of methoxy groups -OCH3 is 1. The number of carbonyl (C=O) groups excluding carboxylic acids is 1. The van der Waals surface area contributed by atoms with Gasteiger partial charge in [0.05, 0.1) is 17.7 Å². The van der Waals surface area contributed by atoms with E-state index in [1.807, 2.05) is 6.07 Å². The highest BCUT2D eigenvalue weighted by Crippen LogP contribution is 2.31. The summed E-state index contributed by atoms with van der Waals surface area (Å²) in [4.78, 5) is 22.5. The quantitative estimate of drug-likeness (QED) is 0.368. The van der Waals surface area contributed by atoms with Gasteiger partial charge in [0.2, 0.25) is 0 Å². The maximum Gasteiger partial charge on any atom is 0.269 e. The Morgan fingerprint density at radius 2 is 2.00 bits per heavy atom. The van der Waals surface area contributed by atoms with Gasteiger partial charge < -0.3 is 10.1 Å². The van der Waals surface area contributed by atoms with E-state index in [4.69, 9.17) is 16.3 Å². The lowest BCUT2D eigenvalue weighted by atomic mass is 10.1. The molecule has 0 aliphatic carbocycles. The number of hydrogen-bond acceptors (Lipinski definition) is 5. The number of nitro groups is 1. The molecule has 2 aromatic carbocycles. The molecule has 0 saturated heterocycles. The first-order valence-corrected chi connectivity index (χ1v) is 7.75. The van der Waals surface area contributed by atoms with Gasteiger partial charge in [-0.2, -0.15) is 5.26 Å². The number of nitrogens with zero attached hydrogens (tertiary/aromatic N) is 2. The highest BCUT2D eigenvalue weighted by Gasteiger charge is 2.14. The number of nitro benzene ring substituents is 1. The van der Waals surface area contributed by atoms with Gasteiger partial charge >= 0.3 is 0 Å². The fraction of sp³-hybridized carbons (Fsp3) is 0.111. The zero-order valence-electron chi connectivity index (χ0n) is 13.9. The van der Waals surface area contributed by atoms with Crippen LogP contribution in [0, 0.1) is 28.4 Å². The largest absolute Gasteiger partial charge is 0.495 e. The molecular formula is C18H14ClN3O4. The summed E-state index contributed by atoms with van der Waals surface area (Å²) >= 11 is 6.03. The standard InChI is InChI=1S/C18H14ClN3O4/c1-11-7-16(17(26-2)9-15(11)19)21-18(23)13(10-20)8-12-3-5-14(6-4-12)22(24)25/h3-9H,1-2H3,(H,21,23)/b13-8+. The highest BCUT2D eigenvalue weighted by molar-refractivity contribution is 6.31. The Morgan fingerprint density at radius 3 is 2.54 bits per heavy atom. The normalized spacial score (nSPS) is 10.8. The van der Waals surface area contributed by atoms with Crippen molar-refractivity contribution in [2.24, 2.45) is 0 Å². The van der Waals surface area contributed by atoms with Crippen LogP contribution >= 0.6 is 11.6 Å². The van der Waals surface area contributed by atoms with Crippen molar-refractivity contribution in [3.05, 3.63) is 68.2 Å². The van der Waals surface area contributed by atoms with Crippen molar-refractivity contribution in [2.45, 2.75) is 6.92 Å². The Bertz CT molecular complexity index is 931. The number of aryl methyl sites for hydroxylation is 1. The van der Waals surface area contributed by atoms with Crippen LogP contribution in [0.5, 0.6) is 5.75 Å². The summed E-state index contributed by atoms with van der Waals surface area (Å²) < 4.78 is 5.18. The van der Waals surface area contributed by atoms with E-state index in [1.54, 1.807) is 19.1 Å². The van der Waals surface area contributed by atoms with Crippen LogP contribution in [0.15, 0.2) is 42.0 Å². The molecule has 0 saturated carbocycles. The second-order valence-corrected chi connectivity index (χ2v) is 5.68. The molecule has 0 aliphatic rings. The molecule has 0 bridgehead atoms. The summed E-state index contributed by atoms with van der Waals surface area (Å²) in [7, 11) is 1.44. The van der Waals surface area contributed by atoms with Gasteiger partial charge in [0.15, 0.2) is 0 Å². The molecule has 0 heterocycles. The first-order valence-electron chi connectivity index (χ1n) is 7.37. The van der Waals surface area contributed by atoms with Crippen LogP contribution in [0.25, 0.3) is 6.08 Å². The molecule has 0 radical (unpaired) electrons. The third kappa shape index (κ3) is 4.37. The first-order chi connectivity index (χ1) is 12.3. The van der Waals surface area contributed by atoms with Crippen molar-refractivity contribution >= 4 is 35.0 Å². The van der Waals surface area contributed by atoms with Crippen LogP contribution in [0.4, 0.5) is 11.4 Å². The molecule has 8 heteroatoms. The van der Waals surface area contributed by atoms with Crippen LogP contribution in [-0.4, -0.2) is 17.9 Å². The van der Waals surface area contributed by atoms with Gasteiger partial charge in [0.1, 0.15) is 17.4 Å². The molecule has 1 N–H and O–H groups in total. The molecule has 0 unspecified atom stereocenters. The summed E-state index contributed by atoms with van der Waals surface area (Å²) in [6.07, 6.45) is 1.34. The summed E-state index contributed by atoms with van der Waals surface area (Å²) in [6, 6.07) is 10.5. The molecular weight excluding hydrogens is 358 g/mol. The molecule has 0 aromatic heterocycles. The van der Waals surface area contributed by atoms with E-state index in [9.17, 15) is 20.2 Å². The molecule has 7 nitrogen and oxygen atoms in total.